The van der Waals surface area contributed by atoms with E-state index in [2.05, 4.69) is 11.1 Å². The molecule has 0 aromatic carbocycles. The van der Waals surface area contributed by atoms with Gasteiger partial charge >= 0.3 is 0 Å². The van der Waals surface area contributed by atoms with Crippen molar-refractivity contribution in [1.82, 2.24) is 0 Å². The SMILES string of the molecule is N#CC1C(=NC2=CC(=O)CCC2)S[C@H]2CCCCC[C@H]12. The molecule has 2 aliphatic carbocycles. The first-order chi connectivity index (χ1) is 9.78. The molecule has 3 aliphatic rings. The number of rotatable bonds is 1. The van der Waals surface area contributed by atoms with Crippen LogP contribution in [0, 0.1) is 23.2 Å². The Morgan fingerprint density at radius 1 is 1.20 bits per heavy atom. The average molecular weight is 288 g/mol. The lowest BCUT2D eigenvalue weighted by Crippen LogP contribution is -2.18. The van der Waals surface area contributed by atoms with Crippen LogP contribution in [0.3, 0.4) is 0 Å². The van der Waals surface area contributed by atoms with E-state index >= 15 is 0 Å². The van der Waals surface area contributed by atoms with Crippen LogP contribution in [0.4, 0.5) is 0 Å². The molecule has 1 aliphatic heterocycles. The van der Waals surface area contributed by atoms with Crippen molar-refractivity contribution in [1.29, 1.82) is 5.26 Å². The van der Waals surface area contributed by atoms with Gasteiger partial charge in [0.25, 0.3) is 0 Å². The van der Waals surface area contributed by atoms with Gasteiger partial charge in [0.05, 0.1) is 17.0 Å². The van der Waals surface area contributed by atoms with Crippen LogP contribution in [0.5, 0.6) is 0 Å². The summed E-state index contributed by atoms with van der Waals surface area (Å²) in [5.74, 6) is 0.619. The first kappa shape index (κ1) is 13.9. The third-order valence-electron chi connectivity index (χ3n) is 4.55. The number of hydrogen-bond donors (Lipinski definition) is 0. The first-order valence-corrected chi connectivity index (χ1v) is 8.54. The highest BCUT2D eigenvalue weighted by Gasteiger charge is 2.42. The van der Waals surface area contributed by atoms with Crippen molar-refractivity contribution >= 4 is 22.6 Å². The van der Waals surface area contributed by atoms with Crippen LogP contribution in [0.15, 0.2) is 16.8 Å². The second-order valence-corrected chi connectivity index (χ2v) is 7.23. The van der Waals surface area contributed by atoms with Gasteiger partial charge in [0.1, 0.15) is 0 Å². The summed E-state index contributed by atoms with van der Waals surface area (Å²) in [6.07, 6.45) is 10.3. The van der Waals surface area contributed by atoms with E-state index in [4.69, 9.17) is 0 Å². The molecule has 0 spiro atoms. The number of aliphatic imine (C=N–C) groups is 1. The van der Waals surface area contributed by atoms with Crippen molar-refractivity contribution in [2.75, 3.05) is 0 Å². The maximum atomic E-state index is 11.5. The molecule has 2 fully saturated rings. The van der Waals surface area contributed by atoms with Gasteiger partial charge in [-0.25, -0.2) is 4.99 Å². The zero-order valence-electron chi connectivity index (χ0n) is 11.7. The summed E-state index contributed by atoms with van der Waals surface area (Å²) in [6, 6.07) is 2.48. The van der Waals surface area contributed by atoms with E-state index in [-0.39, 0.29) is 11.7 Å². The normalized spacial score (nSPS) is 36.1. The molecule has 106 valence electrons. The molecule has 3 nitrogen and oxygen atoms in total. The number of hydrogen-bond acceptors (Lipinski definition) is 4. The van der Waals surface area contributed by atoms with Crippen LogP contribution in [0.2, 0.25) is 0 Å². The Morgan fingerprint density at radius 3 is 2.85 bits per heavy atom. The zero-order chi connectivity index (χ0) is 13.9. The lowest BCUT2D eigenvalue weighted by molar-refractivity contribution is -0.115. The largest absolute Gasteiger partial charge is 0.295 e. The number of nitriles is 1. The van der Waals surface area contributed by atoms with Gasteiger partial charge in [-0.1, -0.05) is 19.3 Å². The van der Waals surface area contributed by atoms with Crippen molar-refractivity contribution in [2.24, 2.45) is 16.8 Å². The van der Waals surface area contributed by atoms with Gasteiger partial charge in [-0.05, 0) is 31.6 Å². The van der Waals surface area contributed by atoms with E-state index in [1.54, 1.807) is 6.08 Å². The van der Waals surface area contributed by atoms with Gasteiger partial charge < -0.3 is 0 Å². The Kier molecular flexibility index (Phi) is 4.26. The van der Waals surface area contributed by atoms with Crippen molar-refractivity contribution < 1.29 is 4.79 Å². The number of allylic oxidation sites excluding steroid dienone is 2. The van der Waals surface area contributed by atoms with E-state index in [0.717, 1.165) is 30.0 Å². The molecule has 4 heteroatoms. The molecule has 1 unspecified atom stereocenters. The van der Waals surface area contributed by atoms with E-state index in [1.807, 2.05) is 11.8 Å². The average Bonchev–Trinajstić information content (AvgIpc) is 2.60. The van der Waals surface area contributed by atoms with Crippen molar-refractivity contribution in [3.63, 3.8) is 0 Å². The number of ketones is 1. The molecule has 1 heterocycles. The number of fused-ring (bicyclic) bond motifs is 1. The molecule has 0 N–H and O–H groups in total. The molecule has 0 aromatic rings. The maximum absolute atomic E-state index is 11.5. The second kappa shape index (κ2) is 6.13. The van der Waals surface area contributed by atoms with Crippen molar-refractivity contribution in [3.05, 3.63) is 11.8 Å². The third-order valence-corrected chi connectivity index (χ3v) is 6.02. The van der Waals surface area contributed by atoms with Crippen molar-refractivity contribution in [3.8, 4) is 6.07 Å². The Balaban J connectivity index is 1.83. The van der Waals surface area contributed by atoms with E-state index in [0.29, 0.717) is 17.6 Å². The van der Waals surface area contributed by atoms with E-state index in [9.17, 15) is 10.1 Å². The third kappa shape index (κ3) is 2.83. The highest BCUT2D eigenvalue weighted by atomic mass is 32.2. The zero-order valence-corrected chi connectivity index (χ0v) is 12.5. The van der Waals surface area contributed by atoms with Crippen LogP contribution in [-0.4, -0.2) is 16.1 Å². The molecular weight excluding hydrogens is 268 g/mol. The second-order valence-electron chi connectivity index (χ2n) is 5.97. The summed E-state index contributed by atoms with van der Waals surface area (Å²) in [4.78, 5) is 16.2. The molecule has 20 heavy (non-hydrogen) atoms. The molecule has 3 atom stereocenters. The molecule has 1 saturated carbocycles. The predicted octanol–water partition coefficient (Wildman–Crippen LogP) is 3.86. The molecule has 0 radical (unpaired) electrons. The molecule has 0 bridgehead atoms. The minimum Gasteiger partial charge on any atom is -0.295 e. The van der Waals surface area contributed by atoms with E-state index < -0.39 is 0 Å². The minimum absolute atomic E-state index is 0.0407. The van der Waals surface area contributed by atoms with Gasteiger partial charge in [0.2, 0.25) is 0 Å². The smallest absolute Gasteiger partial charge is 0.157 e. The summed E-state index contributed by atoms with van der Waals surface area (Å²) in [5, 5.41) is 11.1. The topological polar surface area (TPSA) is 53.2 Å². The molecule has 1 saturated heterocycles. The van der Waals surface area contributed by atoms with Crippen LogP contribution >= 0.6 is 11.8 Å². The minimum atomic E-state index is -0.0407. The Labute approximate surface area is 124 Å². The van der Waals surface area contributed by atoms with Gasteiger partial charge in [0.15, 0.2) is 5.78 Å². The number of nitrogens with zero attached hydrogens (tertiary/aromatic N) is 2. The predicted molar refractivity (Wildman–Crippen MR) is 81.4 cm³/mol. The van der Waals surface area contributed by atoms with Gasteiger partial charge in [0, 0.05) is 23.4 Å². The first-order valence-electron chi connectivity index (χ1n) is 7.66. The van der Waals surface area contributed by atoms with Gasteiger partial charge in [-0.15, -0.1) is 11.8 Å². The summed E-state index contributed by atoms with van der Waals surface area (Å²) in [7, 11) is 0. The molecule has 0 amide bonds. The Hall–Kier alpha value is -1.08. The number of carbonyl (C=O) groups is 1. The number of carbonyl (C=O) groups excluding carboxylic acids is 1. The highest BCUT2D eigenvalue weighted by molar-refractivity contribution is 8.14. The van der Waals surface area contributed by atoms with Gasteiger partial charge in [-0.2, -0.15) is 5.26 Å². The van der Waals surface area contributed by atoms with E-state index in [1.165, 1.54) is 25.7 Å². The van der Waals surface area contributed by atoms with Crippen LogP contribution < -0.4 is 0 Å². The standard InChI is InChI=1S/C16H20N2OS/c17-10-14-13-7-2-1-3-8-15(13)20-16(14)18-11-5-4-6-12(19)9-11/h9,13-15H,1-8H2/t13-,14?,15+/m1/s1. The van der Waals surface area contributed by atoms with Crippen LogP contribution in [0.25, 0.3) is 0 Å². The monoisotopic (exact) mass is 288 g/mol. The van der Waals surface area contributed by atoms with Crippen molar-refractivity contribution in [2.45, 2.75) is 56.6 Å². The highest BCUT2D eigenvalue weighted by Crippen LogP contribution is 2.46. The Morgan fingerprint density at radius 2 is 2.05 bits per heavy atom. The molecule has 0 aromatic heterocycles. The maximum Gasteiger partial charge on any atom is 0.157 e. The summed E-state index contributed by atoms with van der Waals surface area (Å²) in [6.45, 7) is 0. The van der Waals surface area contributed by atoms with Crippen LogP contribution in [0.1, 0.15) is 51.4 Å². The molecule has 3 rings (SSSR count). The fraction of sp³-hybridized carbons (Fsp3) is 0.688. The quantitative estimate of drug-likeness (QED) is 0.736. The lowest BCUT2D eigenvalue weighted by Gasteiger charge is -2.15. The number of thioether (sulfide) groups is 1. The summed E-state index contributed by atoms with van der Waals surface area (Å²) in [5.41, 5.74) is 0.889. The fourth-order valence-corrected chi connectivity index (χ4v) is 5.10. The van der Waals surface area contributed by atoms with Crippen LogP contribution in [-0.2, 0) is 4.79 Å². The Bertz CT molecular complexity index is 503. The summed E-state index contributed by atoms with van der Waals surface area (Å²) < 4.78 is 0. The fourth-order valence-electron chi connectivity index (χ4n) is 3.49. The summed E-state index contributed by atoms with van der Waals surface area (Å²) >= 11 is 1.81. The lowest BCUT2D eigenvalue weighted by atomic mass is 9.88. The van der Waals surface area contributed by atoms with Gasteiger partial charge in [-0.3, -0.25) is 4.79 Å². The molecular formula is C16H20N2OS.